The molecular weight excluding hydrogens is 548 g/mol. The van der Waals surface area contributed by atoms with Crippen LogP contribution < -0.4 is 31.3 Å². The number of aromatic nitrogens is 3. The number of primary amides is 1. The SMILES string of the molecule is C=CC(=O)Nc1cc(CNc2nc(Nc3ccc(N4CCOCC4)c(OC)c3)c(C(N)=O)c3nccn23)ccc1Cl. The van der Waals surface area contributed by atoms with Crippen LogP contribution in [0.25, 0.3) is 5.65 Å². The molecule has 0 atom stereocenters. The van der Waals surface area contributed by atoms with Crippen molar-refractivity contribution in [1.29, 1.82) is 0 Å². The molecule has 0 spiro atoms. The number of fused-ring (bicyclic) bond motifs is 1. The molecule has 2 aromatic carbocycles. The van der Waals surface area contributed by atoms with Gasteiger partial charge in [0, 0.05) is 43.8 Å². The Morgan fingerprint density at radius 1 is 1.22 bits per heavy atom. The van der Waals surface area contributed by atoms with Gasteiger partial charge in [0.05, 0.1) is 36.7 Å². The van der Waals surface area contributed by atoms with Crippen molar-refractivity contribution in [3.8, 4) is 5.75 Å². The van der Waals surface area contributed by atoms with Crippen molar-refractivity contribution in [2.24, 2.45) is 5.73 Å². The van der Waals surface area contributed by atoms with Crippen LogP contribution in [0.5, 0.6) is 5.75 Å². The summed E-state index contributed by atoms with van der Waals surface area (Å²) in [6, 6.07) is 10.9. The number of anilines is 5. The van der Waals surface area contributed by atoms with Crippen LogP contribution in [-0.4, -0.2) is 59.6 Å². The van der Waals surface area contributed by atoms with E-state index < -0.39 is 5.91 Å². The van der Waals surface area contributed by atoms with Crippen LogP contribution >= 0.6 is 11.6 Å². The molecule has 0 radical (unpaired) electrons. The largest absolute Gasteiger partial charge is 0.495 e. The minimum atomic E-state index is -0.681. The van der Waals surface area contributed by atoms with Gasteiger partial charge in [0.25, 0.3) is 5.91 Å². The zero-order valence-corrected chi connectivity index (χ0v) is 23.1. The summed E-state index contributed by atoms with van der Waals surface area (Å²) >= 11 is 6.23. The highest BCUT2D eigenvalue weighted by atomic mass is 35.5. The van der Waals surface area contributed by atoms with E-state index in [1.807, 2.05) is 24.3 Å². The maximum atomic E-state index is 12.6. The van der Waals surface area contributed by atoms with Crippen LogP contribution in [0, 0.1) is 0 Å². The molecule has 3 heterocycles. The van der Waals surface area contributed by atoms with Gasteiger partial charge in [-0.15, -0.1) is 0 Å². The Kier molecular flexibility index (Phi) is 8.22. The topological polar surface area (TPSA) is 148 Å². The number of imidazole rings is 1. The lowest BCUT2D eigenvalue weighted by atomic mass is 10.2. The second kappa shape index (κ2) is 12.1. The number of amides is 2. The molecule has 1 aliphatic heterocycles. The van der Waals surface area contributed by atoms with Gasteiger partial charge in [-0.1, -0.05) is 24.2 Å². The first-order valence-corrected chi connectivity index (χ1v) is 13.2. The van der Waals surface area contributed by atoms with Crippen LogP contribution in [0.1, 0.15) is 15.9 Å². The number of rotatable bonds is 10. The van der Waals surface area contributed by atoms with Gasteiger partial charge >= 0.3 is 0 Å². The van der Waals surface area contributed by atoms with E-state index in [4.69, 9.17) is 31.8 Å². The molecule has 0 aliphatic carbocycles. The van der Waals surface area contributed by atoms with Gasteiger partial charge in [-0.3, -0.25) is 14.0 Å². The predicted molar refractivity (Wildman–Crippen MR) is 158 cm³/mol. The molecule has 0 saturated carbocycles. The number of nitrogens with zero attached hydrogens (tertiary/aromatic N) is 4. The third-order valence-electron chi connectivity index (χ3n) is 6.51. The first-order valence-electron chi connectivity index (χ1n) is 12.8. The van der Waals surface area contributed by atoms with Crippen molar-refractivity contribution in [3.63, 3.8) is 0 Å². The Morgan fingerprint density at radius 3 is 2.76 bits per heavy atom. The predicted octanol–water partition coefficient (Wildman–Crippen LogP) is 3.81. The van der Waals surface area contributed by atoms with Crippen molar-refractivity contribution >= 4 is 57.9 Å². The number of carbonyl (C=O) groups excluding carboxylic acids is 2. The Morgan fingerprint density at radius 2 is 2.02 bits per heavy atom. The van der Waals surface area contributed by atoms with E-state index in [1.165, 1.54) is 6.08 Å². The fourth-order valence-corrected chi connectivity index (χ4v) is 4.69. The number of methoxy groups -OCH3 is 1. The van der Waals surface area contributed by atoms with E-state index in [9.17, 15) is 9.59 Å². The van der Waals surface area contributed by atoms with E-state index in [0.717, 1.165) is 24.3 Å². The average Bonchev–Trinajstić information content (AvgIpc) is 3.47. The minimum absolute atomic E-state index is 0.137. The van der Waals surface area contributed by atoms with Gasteiger partial charge in [-0.2, -0.15) is 4.98 Å². The molecule has 5 N–H and O–H groups in total. The first-order chi connectivity index (χ1) is 19.9. The van der Waals surface area contributed by atoms with E-state index in [-0.39, 0.29) is 17.3 Å². The quantitative estimate of drug-likeness (QED) is 0.207. The van der Waals surface area contributed by atoms with Crippen LogP contribution in [-0.2, 0) is 16.1 Å². The number of hydrogen-bond donors (Lipinski definition) is 4. The van der Waals surface area contributed by atoms with E-state index >= 15 is 0 Å². The molecule has 0 unspecified atom stereocenters. The van der Waals surface area contributed by atoms with Crippen molar-refractivity contribution < 1.29 is 19.1 Å². The Labute approximate surface area is 241 Å². The summed E-state index contributed by atoms with van der Waals surface area (Å²) in [5, 5.41) is 9.57. The lowest BCUT2D eigenvalue weighted by molar-refractivity contribution is -0.111. The number of nitrogens with one attached hydrogen (secondary N) is 3. The molecule has 41 heavy (non-hydrogen) atoms. The van der Waals surface area contributed by atoms with Gasteiger partial charge in [-0.05, 0) is 35.9 Å². The summed E-state index contributed by atoms with van der Waals surface area (Å²) in [7, 11) is 1.61. The molecule has 1 saturated heterocycles. The molecular formula is C28H29ClN8O4. The molecule has 1 aliphatic rings. The summed E-state index contributed by atoms with van der Waals surface area (Å²) in [5.41, 5.74) is 9.12. The molecule has 212 valence electrons. The van der Waals surface area contributed by atoms with Gasteiger partial charge in [0.2, 0.25) is 11.9 Å². The number of halogens is 1. The molecule has 5 rings (SSSR count). The zero-order chi connectivity index (χ0) is 28.9. The van der Waals surface area contributed by atoms with Crippen LogP contribution in [0.15, 0.2) is 61.4 Å². The monoisotopic (exact) mass is 576 g/mol. The summed E-state index contributed by atoms with van der Waals surface area (Å²) < 4.78 is 12.8. The normalized spacial score (nSPS) is 13.1. The second-order valence-corrected chi connectivity index (χ2v) is 9.52. The summed E-state index contributed by atoms with van der Waals surface area (Å²) in [6.07, 6.45) is 4.41. The fourth-order valence-electron chi connectivity index (χ4n) is 4.52. The van der Waals surface area contributed by atoms with Gasteiger partial charge in [0.15, 0.2) is 11.5 Å². The highest BCUT2D eigenvalue weighted by molar-refractivity contribution is 6.33. The Balaban J connectivity index is 1.45. The van der Waals surface area contributed by atoms with Crippen molar-refractivity contribution in [3.05, 3.63) is 77.6 Å². The third-order valence-corrected chi connectivity index (χ3v) is 6.84. The smallest absolute Gasteiger partial charge is 0.256 e. The van der Waals surface area contributed by atoms with Crippen molar-refractivity contribution in [2.75, 3.05) is 54.3 Å². The van der Waals surface area contributed by atoms with Gasteiger partial charge < -0.3 is 36.1 Å². The van der Waals surface area contributed by atoms with E-state index in [1.54, 1.807) is 36.0 Å². The number of nitrogens with two attached hydrogens (primary N) is 1. The maximum Gasteiger partial charge on any atom is 0.256 e. The highest BCUT2D eigenvalue weighted by Gasteiger charge is 2.21. The molecule has 12 nitrogen and oxygen atoms in total. The minimum Gasteiger partial charge on any atom is -0.495 e. The molecule has 2 aromatic heterocycles. The lowest BCUT2D eigenvalue weighted by Gasteiger charge is -2.30. The maximum absolute atomic E-state index is 12.6. The zero-order valence-electron chi connectivity index (χ0n) is 22.3. The molecule has 2 amide bonds. The van der Waals surface area contributed by atoms with Crippen molar-refractivity contribution in [2.45, 2.75) is 6.54 Å². The molecule has 1 fully saturated rings. The summed E-state index contributed by atoms with van der Waals surface area (Å²) in [6.45, 7) is 6.61. The molecule has 4 aromatic rings. The number of morpholine rings is 1. The average molecular weight is 577 g/mol. The Hall–Kier alpha value is -4.81. The summed E-state index contributed by atoms with van der Waals surface area (Å²) in [5.74, 6) is 0.259. The first kappa shape index (κ1) is 27.7. The fraction of sp³-hybridized carbons (Fsp3) is 0.214. The van der Waals surface area contributed by atoms with E-state index in [0.29, 0.717) is 53.5 Å². The summed E-state index contributed by atoms with van der Waals surface area (Å²) in [4.78, 5) is 35.6. The number of ether oxygens (including phenoxy) is 2. The number of carbonyl (C=O) groups is 2. The second-order valence-electron chi connectivity index (χ2n) is 9.12. The molecule has 13 heteroatoms. The van der Waals surface area contributed by atoms with Crippen LogP contribution in [0.3, 0.4) is 0 Å². The van der Waals surface area contributed by atoms with Crippen molar-refractivity contribution in [1.82, 2.24) is 14.4 Å². The molecule has 0 bridgehead atoms. The highest BCUT2D eigenvalue weighted by Crippen LogP contribution is 2.34. The van der Waals surface area contributed by atoms with Crippen LogP contribution in [0.4, 0.5) is 28.8 Å². The Bertz CT molecular complexity index is 1620. The standard InChI is InChI=1S/C28H29ClN8O4/c1-3-23(38)34-20-14-17(4-6-19(20)29)16-32-28-35-26(24(25(30)39)27-31-8-9-37(27)28)33-18-5-7-21(22(15-18)40-2)36-10-12-41-13-11-36/h3-9,14-15,33H,1,10-13,16H2,2H3,(H2,30,39)(H,32,35)(H,34,38). The number of benzene rings is 2. The lowest BCUT2D eigenvalue weighted by Crippen LogP contribution is -2.36. The van der Waals surface area contributed by atoms with Gasteiger partial charge in [0.1, 0.15) is 11.3 Å². The number of hydrogen-bond acceptors (Lipinski definition) is 9. The van der Waals surface area contributed by atoms with Gasteiger partial charge in [-0.25, -0.2) is 4.98 Å². The van der Waals surface area contributed by atoms with Crippen LogP contribution in [0.2, 0.25) is 5.02 Å². The third kappa shape index (κ3) is 6.03. The van der Waals surface area contributed by atoms with E-state index in [2.05, 4.69) is 32.4 Å².